The van der Waals surface area contributed by atoms with Crippen LogP contribution in [0.1, 0.15) is 34.1 Å². The van der Waals surface area contributed by atoms with Crippen LogP contribution in [0.2, 0.25) is 0 Å². The molecule has 56 heavy (non-hydrogen) atoms. The number of carboxylic acid groups (broad SMARTS) is 2. The first-order chi connectivity index (χ1) is 26.3. The van der Waals surface area contributed by atoms with Crippen molar-refractivity contribution in [1.29, 1.82) is 0 Å². The summed E-state index contributed by atoms with van der Waals surface area (Å²) in [6.07, 6.45) is -8.96. The fourth-order valence-corrected chi connectivity index (χ4v) is 5.65. The highest BCUT2D eigenvalue weighted by atomic mass is 19.4. The molecule has 0 saturated heterocycles. The fraction of sp³-hybridized carbons (Fsp3) is 0.237. The second-order valence-corrected chi connectivity index (χ2v) is 12.4. The van der Waals surface area contributed by atoms with Crippen LogP contribution in [0.3, 0.4) is 0 Å². The van der Waals surface area contributed by atoms with E-state index in [1.807, 2.05) is 78.9 Å². The standard InChI is InChI=1S/C34H33N5O3.2C2HF3O2/c35-27(18-23-14-16-26(40)17-15-23)34(42)39-21-25-11-5-4-10-24(25)20-31(39)33(41)38-30(19-22-8-2-1-3-9-22)32-36-28-12-6-7-13-29(28)37-32;2*3-2(4,5)1(6)7/h1-17,27,30-31,40H,18-21,35H2,(H,36,37)(H,38,41);2*(H,6,7)/t27-,30-,31-;;/m0../s1. The van der Waals surface area contributed by atoms with Crippen LogP contribution in [0.25, 0.3) is 11.0 Å². The van der Waals surface area contributed by atoms with E-state index in [2.05, 4.69) is 10.3 Å². The van der Waals surface area contributed by atoms with Crippen molar-refractivity contribution >= 4 is 34.8 Å². The first-order valence-electron chi connectivity index (χ1n) is 16.6. The zero-order valence-electron chi connectivity index (χ0n) is 29.1. The van der Waals surface area contributed by atoms with E-state index in [0.717, 1.165) is 33.3 Å². The number of carbonyl (C=O) groups excluding carboxylic acids is 2. The van der Waals surface area contributed by atoms with Gasteiger partial charge in [-0.1, -0.05) is 78.9 Å². The Balaban J connectivity index is 0.000000425. The number of imidazole rings is 1. The first-order valence-corrected chi connectivity index (χ1v) is 16.6. The van der Waals surface area contributed by atoms with E-state index in [-0.39, 0.29) is 17.6 Å². The molecule has 296 valence electrons. The van der Waals surface area contributed by atoms with Crippen LogP contribution < -0.4 is 11.1 Å². The van der Waals surface area contributed by atoms with Crippen LogP contribution in [0.4, 0.5) is 26.3 Å². The molecule has 0 aliphatic carbocycles. The Morgan fingerprint density at radius 2 is 1.29 bits per heavy atom. The Bertz CT molecular complexity index is 2070. The molecule has 7 N–H and O–H groups in total. The van der Waals surface area contributed by atoms with Crippen molar-refractivity contribution in [3.05, 3.63) is 131 Å². The van der Waals surface area contributed by atoms with Crippen LogP contribution >= 0.6 is 0 Å². The molecule has 4 aromatic carbocycles. The number of alkyl halides is 6. The number of H-pyrrole nitrogens is 1. The van der Waals surface area contributed by atoms with Crippen molar-refractivity contribution in [2.45, 2.75) is 56.3 Å². The van der Waals surface area contributed by atoms with Crippen molar-refractivity contribution in [2.24, 2.45) is 5.73 Å². The topological polar surface area (TPSA) is 199 Å². The number of hydrogen-bond donors (Lipinski definition) is 6. The summed E-state index contributed by atoms with van der Waals surface area (Å²) in [4.78, 5) is 55.5. The number of hydrogen-bond acceptors (Lipinski definition) is 7. The number of aromatic hydroxyl groups is 1. The summed E-state index contributed by atoms with van der Waals surface area (Å²) in [5.74, 6) is -5.25. The molecule has 0 unspecified atom stereocenters. The van der Waals surface area contributed by atoms with E-state index in [9.17, 15) is 41.0 Å². The maximum absolute atomic E-state index is 14.1. The second kappa shape index (κ2) is 18.3. The van der Waals surface area contributed by atoms with E-state index in [1.165, 1.54) is 0 Å². The minimum atomic E-state index is -5.08. The van der Waals surface area contributed by atoms with E-state index < -0.39 is 42.4 Å². The number of para-hydroxylation sites is 2. The largest absolute Gasteiger partial charge is 0.508 e. The Morgan fingerprint density at radius 1 is 0.768 bits per heavy atom. The quantitative estimate of drug-likeness (QED) is 0.111. The van der Waals surface area contributed by atoms with Gasteiger partial charge in [0.1, 0.15) is 17.6 Å². The third kappa shape index (κ3) is 11.8. The van der Waals surface area contributed by atoms with Gasteiger partial charge in [-0.05, 0) is 59.4 Å². The number of phenols is 1. The third-order valence-electron chi connectivity index (χ3n) is 8.37. The first kappa shape index (κ1) is 42.3. The van der Waals surface area contributed by atoms with E-state index in [4.69, 9.17) is 30.5 Å². The molecule has 2 amide bonds. The number of amides is 2. The number of carboxylic acids is 2. The molecule has 18 heteroatoms. The average molecular weight is 788 g/mol. The van der Waals surface area contributed by atoms with Gasteiger partial charge in [0.2, 0.25) is 11.8 Å². The maximum atomic E-state index is 14.1. The smallest absolute Gasteiger partial charge is 0.490 e. The summed E-state index contributed by atoms with van der Waals surface area (Å²) in [6, 6.07) is 30.2. The van der Waals surface area contributed by atoms with Crippen LogP contribution in [-0.2, 0) is 45.0 Å². The van der Waals surface area contributed by atoms with Gasteiger partial charge in [-0.2, -0.15) is 26.3 Å². The number of phenolic OH excluding ortho intramolecular Hbond substituents is 1. The number of nitrogens with zero attached hydrogens (tertiary/aromatic N) is 2. The number of aromatic nitrogens is 2. The Morgan fingerprint density at radius 3 is 1.86 bits per heavy atom. The van der Waals surface area contributed by atoms with Crippen LogP contribution in [0.5, 0.6) is 5.75 Å². The lowest BCUT2D eigenvalue weighted by molar-refractivity contribution is -0.193. The minimum Gasteiger partial charge on any atom is -0.508 e. The number of nitrogens with one attached hydrogen (secondary N) is 2. The van der Waals surface area contributed by atoms with Crippen molar-refractivity contribution in [2.75, 3.05) is 0 Å². The molecule has 0 bridgehead atoms. The highest BCUT2D eigenvalue weighted by molar-refractivity contribution is 5.91. The number of rotatable bonds is 8. The molecule has 1 aromatic heterocycles. The number of halogens is 6. The Kier molecular flexibility index (Phi) is 13.8. The third-order valence-corrected chi connectivity index (χ3v) is 8.37. The van der Waals surface area contributed by atoms with E-state index in [1.54, 1.807) is 29.2 Å². The lowest BCUT2D eigenvalue weighted by Gasteiger charge is -2.38. The van der Waals surface area contributed by atoms with Gasteiger partial charge in [0.05, 0.1) is 23.1 Å². The molecule has 0 saturated carbocycles. The zero-order chi connectivity index (χ0) is 41.2. The van der Waals surface area contributed by atoms with Crippen molar-refractivity contribution in [3.8, 4) is 5.75 Å². The van der Waals surface area contributed by atoms with Crippen LogP contribution in [0.15, 0.2) is 103 Å². The predicted molar refractivity (Wildman–Crippen MR) is 189 cm³/mol. The molecule has 6 rings (SSSR count). The molecule has 1 aliphatic rings. The molecule has 0 fully saturated rings. The van der Waals surface area contributed by atoms with Gasteiger partial charge in [-0.25, -0.2) is 14.6 Å². The summed E-state index contributed by atoms with van der Waals surface area (Å²) < 4.78 is 63.5. The summed E-state index contributed by atoms with van der Waals surface area (Å²) in [5.41, 5.74) is 12.1. The monoisotopic (exact) mass is 787 g/mol. The summed E-state index contributed by atoms with van der Waals surface area (Å²) in [6.45, 7) is 0.296. The number of fused-ring (bicyclic) bond motifs is 2. The predicted octanol–water partition coefficient (Wildman–Crippen LogP) is 5.46. The maximum Gasteiger partial charge on any atom is 0.490 e. The van der Waals surface area contributed by atoms with Crippen molar-refractivity contribution < 1.29 is 60.8 Å². The second-order valence-electron chi connectivity index (χ2n) is 12.4. The molecule has 5 aromatic rings. The normalized spacial score (nSPS) is 14.8. The van der Waals surface area contributed by atoms with Gasteiger partial charge in [-0.3, -0.25) is 9.59 Å². The van der Waals surface area contributed by atoms with Gasteiger partial charge < -0.3 is 36.3 Å². The summed E-state index contributed by atoms with van der Waals surface area (Å²) in [7, 11) is 0. The number of benzene rings is 4. The Hall–Kier alpha value is -6.43. The van der Waals surface area contributed by atoms with Crippen molar-refractivity contribution in [3.63, 3.8) is 0 Å². The number of nitrogens with two attached hydrogens (primary N) is 1. The lowest BCUT2D eigenvalue weighted by atomic mass is 9.92. The van der Waals surface area contributed by atoms with Crippen molar-refractivity contribution in [1.82, 2.24) is 20.2 Å². The lowest BCUT2D eigenvalue weighted by Crippen LogP contribution is -2.57. The number of carbonyl (C=O) groups is 4. The number of aliphatic carboxylic acids is 2. The molecular formula is C38H35F6N5O7. The summed E-state index contributed by atoms with van der Waals surface area (Å²) >= 11 is 0. The van der Waals surface area contributed by atoms with Gasteiger partial charge in [0.25, 0.3) is 0 Å². The molecular weight excluding hydrogens is 752 g/mol. The van der Waals surface area contributed by atoms with Gasteiger partial charge in [0, 0.05) is 13.0 Å². The zero-order valence-corrected chi connectivity index (χ0v) is 29.1. The highest BCUT2D eigenvalue weighted by Gasteiger charge is 2.39. The molecule has 0 radical (unpaired) electrons. The van der Waals surface area contributed by atoms with Crippen LogP contribution in [-0.4, -0.2) is 78.4 Å². The molecule has 3 atom stereocenters. The van der Waals surface area contributed by atoms with Crippen LogP contribution in [0, 0.1) is 0 Å². The van der Waals surface area contributed by atoms with Gasteiger partial charge in [-0.15, -0.1) is 0 Å². The Labute approximate surface area is 314 Å². The van der Waals surface area contributed by atoms with E-state index in [0.29, 0.717) is 31.6 Å². The molecule has 2 heterocycles. The number of aromatic amines is 1. The minimum absolute atomic E-state index is 0.150. The van der Waals surface area contributed by atoms with Gasteiger partial charge in [0.15, 0.2) is 0 Å². The molecule has 12 nitrogen and oxygen atoms in total. The summed E-state index contributed by atoms with van der Waals surface area (Å²) in [5, 5.41) is 27.1. The average Bonchev–Trinajstić information content (AvgIpc) is 3.59. The van der Waals surface area contributed by atoms with Gasteiger partial charge >= 0.3 is 24.3 Å². The molecule has 0 spiro atoms. The molecule has 1 aliphatic heterocycles. The van der Waals surface area contributed by atoms with E-state index >= 15 is 0 Å². The highest BCUT2D eigenvalue weighted by Crippen LogP contribution is 2.27. The fourth-order valence-electron chi connectivity index (χ4n) is 5.65. The SMILES string of the molecule is N[C@@H](Cc1ccc(O)cc1)C(=O)N1Cc2ccccc2C[C@H]1C(=O)N[C@@H](Cc1ccccc1)c1nc2ccccc2[nH]1.O=C(O)C(F)(F)F.O=C(O)C(F)(F)F.